The average molecular weight is 362 g/mol. The quantitative estimate of drug-likeness (QED) is 0.727. The number of nitrogens with one attached hydrogen (secondary N) is 1. The molecule has 25 heavy (non-hydrogen) atoms. The molecule has 128 valence electrons. The first-order valence-electron chi connectivity index (χ1n) is 7.38. The molecule has 3 aromatic rings. The Morgan fingerprint density at radius 2 is 1.88 bits per heavy atom. The number of amides is 1. The first kappa shape index (κ1) is 17.2. The van der Waals surface area contributed by atoms with Gasteiger partial charge >= 0.3 is 6.18 Å². The normalized spacial score (nSPS) is 11.3. The highest BCUT2D eigenvalue weighted by atomic mass is 32.1. The Balaban J connectivity index is 1.65. The molecule has 0 unspecified atom stereocenters. The maximum absolute atomic E-state index is 12.5. The number of benzene rings is 1. The lowest BCUT2D eigenvalue weighted by molar-refractivity contribution is -0.137. The van der Waals surface area contributed by atoms with Crippen molar-refractivity contribution in [2.75, 3.05) is 0 Å². The van der Waals surface area contributed by atoms with Gasteiger partial charge in [-0.05, 0) is 53.4 Å². The van der Waals surface area contributed by atoms with Gasteiger partial charge in [-0.1, -0.05) is 6.07 Å². The van der Waals surface area contributed by atoms with E-state index in [0.717, 1.165) is 28.3 Å². The third kappa shape index (κ3) is 4.24. The van der Waals surface area contributed by atoms with E-state index in [9.17, 15) is 18.0 Å². The topological polar surface area (TPSA) is 42.0 Å². The molecule has 0 aliphatic rings. The van der Waals surface area contributed by atoms with E-state index in [2.05, 4.69) is 10.3 Å². The van der Waals surface area contributed by atoms with Crippen LogP contribution in [0.15, 0.2) is 60.1 Å². The Morgan fingerprint density at radius 1 is 1.12 bits per heavy atom. The molecular formula is C18H13F3N2OS. The van der Waals surface area contributed by atoms with Crippen molar-refractivity contribution in [3.63, 3.8) is 0 Å². The number of aromatic nitrogens is 1. The molecule has 0 saturated heterocycles. The van der Waals surface area contributed by atoms with Crippen LogP contribution in [0, 0.1) is 0 Å². The molecule has 0 aliphatic heterocycles. The summed E-state index contributed by atoms with van der Waals surface area (Å²) >= 11 is 1.57. The van der Waals surface area contributed by atoms with Crippen LogP contribution in [0.2, 0.25) is 0 Å². The first-order valence-corrected chi connectivity index (χ1v) is 8.26. The Bertz CT molecular complexity index is 859. The minimum absolute atomic E-state index is 0.181. The van der Waals surface area contributed by atoms with Crippen LogP contribution in [0.3, 0.4) is 0 Å². The number of nitrogens with zero attached hydrogens (tertiary/aromatic N) is 1. The van der Waals surface area contributed by atoms with E-state index in [1.807, 2.05) is 23.6 Å². The number of alkyl halides is 3. The number of pyridine rings is 1. The van der Waals surface area contributed by atoms with Crippen LogP contribution in [0.25, 0.3) is 10.6 Å². The number of halogens is 3. The Labute approximate surface area is 146 Å². The fraction of sp³-hybridized carbons (Fsp3) is 0.111. The largest absolute Gasteiger partial charge is 0.416 e. The van der Waals surface area contributed by atoms with Crippen molar-refractivity contribution in [1.82, 2.24) is 10.3 Å². The highest BCUT2D eigenvalue weighted by Crippen LogP contribution is 2.29. The molecule has 2 heterocycles. The fourth-order valence-corrected chi connectivity index (χ4v) is 2.93. The van der Waals surface area contributed by atoms with Crippen molar-refractivity contribution in [2.24, 2.45) is 0 Å². The standard InChI is InChI=1S/C18H13F3N2OS/c19-18(20,21)14-5-3-13(4-6-14)17(24)23-11-12-7-8-22-15(10-12)16-2-1-9-25-16/h1-10H,11H2,(H,23,24). The summed E-state index contributed by atoms with van der Waals surface area (Å²) < 4.78 is 37.6. The first-order chi connectivity index (χ1) is 11.9. The number of rotatable bonds is 4. The number of hydrogen-bond donors (Lipinski definition) is 1. The van der Waals surface area contributed by atoms with Crippen LogP contribution < -0.4 is 5.32 Å². The maximum Gasteiger partial charge on any atom is 0.416 e. The van der Waals surface area contributed by atoms with Crippen molar-refractivity contribution in [1.29, 1.82) is 0 Å². The van der Waals surface area contributed by atoms with E-state index < -0.39 is 17.6 Å². The van der Waals surface area contributed by atoms with Gasteiger partial charge < -0.3 is 5.32 Å². The molecule has 0 saturated carbocycles. The van der Waals surface area contributed by atoms with Gasteiger partial charge in [-0.25, -0.2) is 0 Å². The molecule has 0 fully saturated rings. The summed E-state index contributed by atoms with van der Waals surface area (Å²) in [5.41, 5.74) is 1.08. The number of thiophene rings is 1. The molecule has 7 heteroatoms. The molecule has 0 spiro atoms. The van der Waals surface area contributed by atoms with Crippen molar-refractivity contribution in [3.8, 4) is 10.6 Å². The van der Waals surface area contributed by atoms with E-state index in [4.69, 9.17) is 0 Å². The molecular weight excluding hydrogens is 349 g/mol. The van der Waals surface area contributed by atoms with Gasteiger partial charge in [-0.2, -0.15) is 13.2 Å². The molecule has 0 atom stereocenters. The second-order valence-electron chi connectivity index (χ2n) is 5.28. The molecule has 0 bridgehead atoms. The van der Waals surface area contributed by atoms with Gasteiger partial charge in [0.15, 0.2) is 0 Å². The van der Waals surface area contributed by atoms with E-state index in [-0.39, 0.29) is 12.1 Å². The summed E-state index contributed by atoms with van der Waals surface area (Å²) in [6.07, 6.45) is -2.75. The predicted molar refractivity (Wildman–Crippen MR) is 90.2 cm³/mol. The average Bonchev–Trinajstić information content (AvgIpc) is 3.14. The summed E-state index contributed by atoms with van der Waals surface area (Å²) in [5.74, 6) is -0.428. The maximum atomic E-state index is 12.5. The van der Waals surface area contributed by atoms with Crippen LogP contribution in [0.5, 0.6) is 0 Å². The minimum Gasteiger partial charge on any atom is -0.348 e. The Morgan fingerprint density at radius 3 is 2.52 bits per heavy atom. The van der Waals surface area contributed by atoms with Gasteiger partial charge in [-0.15, -0.1) is 11.3 Å². The molecule has 3 rings (SSSR count). The van der Waals surface area contributed by atoms with E-state index in [1.165, 1.54) is 12.1 Å². The summed E-state index contributed by atoms with van der Waals surface area (Å²) in [7, 11) is 0. The monoisotopic (exact) mass is 362 g/mol. The van der Waals surface area contributed by atoms with Gasteiger partial charge in [0.1, 0.15) is 0 Å². The van der Waals surface area contributed by atoms with Crippen LogP contribution in [0.4, 0.5) is 13.2 Å². The van der Waals surface area contributed by atoms with E-state index in [1.54, 1.807) is 23.6 Å². The SMILES string of the molecule is O=C(NCc1ccnc(-c2cccs2)c1)c1ccc(C(F)(F)F)cc1. The van der Waals surface area contributed by atoms with Gasteiger partial charge in [-0.3, -0.25) is 9.78 Å². The minimum atomic E-state index is -4.41. The number of hydrogen-bond acceptors (Lipinski definition) is 3. The van der Waals surface area contributed by atoms with Crippen molar-refractivity contribution >= 4 is 17.2 Å². The van der Waals surface area contributed by atoms with Crippen LogP contribution in [0.1, 0.15) is 21.5 Å². The molecule has 3 nitrogen and oxygen atoms in total. The summed E-state index contributed by atoms with van der Waals surface area (Å²) in [6.45, 7) is 0.265. The highest BCUT2D eigenvalue weighted by molar-refractivity contribution is 7.13. The van der Waals surface area contributed by atoms with Gasteiger partial charge in [0.05, 0.1) is 16.1 Å². The van der Waals surface area contributed by atoms with Crippen molar-refractivity contribution < 1.29 is 18.0 Å². The van der Waals surface area contributed by atoms with E-state index >= 15 is 0 Å². The lowest BCUT2D eigenvalue weighted by Gasteiger charge is -2.09. The van der Waals surface area contributed by atoms with Gasteiger partial charge in [0.25, 0.3) is 5.91 Å². The molecule has 0 radical (unpaired) electrons. The smallest absolute Gasteiger partial charge is 0.348 e. The van der Waals surface area contributed by atoms with E-state index in [0.29, 0.717) is 0 Å². The van der Waals surface area contributed by atoms with Crippen molar-refractivity contribution in [3.05, 3.63) is 76.8 Å². The predicted octanol–water partition coefficient (Wildman–Crippen LogP) is 4.76. The summed E-state index contributed by atoms with van der Waals surface area (Å²) in [4.78, 5) is 17.4. The second kappa shape index (κ2) is 7.06. The lowest BCUT2D eigenvalue weighted by atomic mass is 10.1. The van der Waals surface area contributed by atoms with Gasteiger partial charge in [0.2, 0.25) is 0 Å². The van der Waals surface area contributed by atoms with Crippen LogP contribution in [-0.2, 0) is 12.7 Å². The molecule has 1 N–H and O–H groups in total. The summed E-state index contributed by atoms with van der Waals surface area (Å²) in [6, 6.07) is 11.7. The third-order valence-corrected chi connectivity index (χ3v) is 4.42. The second-order valence-corrected chi connectivity index (χ2v) is 6.23. The molecule has 1 amide bonds. The zero-order valence-electron chi connectivity index (χ0n) is 12.9. The highest BCUT2D eigenvalue weighted by Gasteiger charge is 2.30. The van der Waals surface area contributed by atoms with Crippen molar-refractivity contribution in [2.45, 2.75) is 12.7 Å². The third-order valence-electron chi connectivity index (χ3n) is 3.53. The molecule has 1 aromatic carbocycles. The van der Waals surface area contributed by atoms with Crippen LogP contribution in [-0.4, -0.2) is 10.9 Å². The molecule has 0 aliphatic carbocycles. The zero-order chi connectivity index (χ0) is 17.9. The number of carbonyl (C=O) groups is 1. The zero-order valence-corrected chi connectivity index (χ0v) is 13.7. The fourth-order valence-electron chi connectivity index (χ4n) is 2.24. The Hall–Kier alpha value is -2.67. The molecule has 2 aromatic heterocycles. The number of carbonyl (C=O) groups excluding carboxylic acids is 1. The Kier molecular flexibility index (Phi) is 4.85. The van der Waals surface area contributed by atoms with Gasteiger partial charge in [0, 0.05) is 18.3 Å². The lowest BCUT2D eigenvalue weighted by Crippen LogP contribution is -2.23. The van der Waals surface area contributed by atoms with Crippen LogP contribution >= 0.6 is 11.3 Å². The summed E-state index contributed by atoms with van der Waals surface area (Å²) in [5, 5.41) is 4.66.